The van der Waals surface area contributed by atoms with Gasteiger partial charge < -0.3 is 5.11 Å². The zero-order chi connectivity index (χ0) is 9.14. The molecule has 0 aliphatic heterocycles. The van der Waals surface area contributed by atoms with Crippen molar-refractivity contribution in [1.82, 2.24) is 15.0 Å². The maximum Gasteiger partial charge on any atom is 0.312 e. The van der Waals surface area contributed by atoms with Crippen LogP contribution in [0.4, 0.5) is 0 Å². The quantitative estimate of drug-likeness (QED) is 0.710. The first-order valence-corrected chi connectivity index (χ1v) is 3.74. The van der Waals surface area contributed by atoms with Gasteiger partial charge in [-0.25, -0.2) is 0 Å². The lowest BCUT2D eigenvalue weighted by atomic mass is 10.0. The number of aromatic nitrogens is 3. The highest BCUT2D eigenvalue weighted by atomic mass is 16.4. The number of nitrogens with zero attached hydrogens (tertiary/aromatic N) is 3. The summed E-state index contributed by atoms with van der Waals surface area (Å²) in [4.78, 5) is 10.7. The normalized spacial score (nSPS) is 12.8. The van der Waals surface area contributed by atoms with Crippen molar-refractivity contribution in [3.05, 3.63) is 11.9 Å². The molecule has 1 unspecified atom stereocenters. The first-order valence-electron chi connectivity index (χ1n) is 3.74. The molecule has 5 heteroatoms. The number of carboxylic acids is 1. The summed E-state index contributed by atoms with van der Waals surface area (Å²) in [5, 5.41) is 16.1. The van der Waals surface area contributed by atoms with Crippen LogP contribution in [0.15, 0.2) is 6.20 Å². The average molecular weight is 169 g/mol. The molecule has 1 N–H and O–H groups in total. The first kappa shape index (κ1) is 8.70. The van der Waals surface area contributed by atoms with Gasteiger partial charge in [-0.3, -0.25) is 9.48 Å². The molecule has 0 aliphatic rings. The van der Waals surface area contributed by atoms with E-state index in [1.54, 1.807) is 7.05 Å². The van der Waals surface area contributed by atoms with E-state index >= 15 is 0 Å². The largest absolute Gasteiger partial charge is 0.481 e. The second-order valence-corrected chi connectivity index (χ2v) is 2.58. The van der Waals surface area contributed by atoms with E-state index in [1.807, 2.05) is 6.92 Å². The van der Waals surface area contributed by atoms with Gasteiger partial charge in [0.1, 0.15) is 0 Å². The Balaban J connectivity index is 2.94. The summed E-state index contributed by atoms with van der Waals surface area (Å²) < 4.78 is 1.49. The van der Waals surface area contributed by atoms with E-state index in [1.165, 1.54) is 10.9 Å². The number of aryl methyl sites for hydroxylation is 1. The zero-order valence-electron chi connectivity index (χ0n) is 7.06. The summed E-state index contributed by atoms with van der Waals surface area (Å²) in [6, 6.07) is 0. The van der Waals surface area contributed by atoms with Gasteiger partial charge in [0.15, 0.2) is 0 Å². The van der Waals surface area contributed by atoms with Crippen molar-refractivity contribution in [2.45, 2.75) is 19.3 Å². The van der Waals surface area contributed by atoms with Crippen molar-refractivity contribution >= 4 is 5.97 Å². The van der Waals surface area contributed by atoms with E-state index in [0.29, 0.717) is 12.1 Å². The molecule has 0 bridgehead atoms. The second kappa shape index (κ2) is 3.34. The molecule has 1 rings (SSSR count). The minimum absolute atomic E-state index is 0.495. The summed E-state index contributed by atoms with van der Waals surface area (Å²) in [7, 11) is 1.69. The highest BCUT2D eigenvalue weighted by Gasteiger charge is 2.20. The predicted molar refractivity (Wildman–Crippen MR) is 41.7 cm³/mol. The molecular formula is C7H11N3O2. The summed E-state index contributed by atoms with van der Waals surface area (Å²) in [5.41, 5.74) is 0.644. The van der Waals surface area contributed by atoms with Crippen molar-refractivity contribution < 1.29 is 9.90 Å². The van der Waals surface area contributed by atoms with Gasteiger partial charge in [0.2, 0.25) is 0 Å². The van der Waals surface area contributed by atoms with Gasteiger partial charge in [0.25, 0.3) is 0 Å². The Kier molecular flexibility index (Phi) is 2.42. The van der Waals surface area contributed by atoms with Gasteiger partial charge in [0, 0.05) is 7.05 Å². The lowest BCUT2D eigenvalue weighted by Crippen LogP contribution is -2.14. The van der Waals surface area contributed by atoms with E-state index in [0.717, 1.165) is 0 Å². The maximum absolute atomic E-state index is 10.7. The monoisotopic (exact) mass is 169 g/mol. The van der Waals surface area contributed by atoms with Gasteiger partial charge in [-0.05, 0) is 6.42 Å². The van der Waals surface area contributed by atoms with Gasteiger partial charge >= 0.3 is 5.97 Å². The highest BCUT2D eigenvalue weighted by Crippen LogP contribution is 2.17. The fourth-order valence-corrected chi connectivity index (χ4v) is 1.12. The Labute approximate surface area is 70.0 Å². The topological polar surface area (TPSA) is 68.0 Å². The van der Waals surface area contributed by atoms with Crippen LogP contribution in [0, 0.1) is 0 Å². The minimum Gasteiger partial charge on any atom is -0.481 e. The summed E-state index contributed by atoms with van der Waals surface area (Å²) in [6.07, 6.45) is 2.04. The van der Waals surface area contributed by atoms with Crippen LogP contribution in [-0.4, -0.2) is 26.1 Å². The molecule has 0 amide bonds. The van der Waals surface area contributed by atoms with Crippen molar-refractivity contribution in [1.29, 1.82) is 0 Å². The van der Waals surface area contributed by atoms with Gasteiger partial charge in [-0.1, -0.05) is 12.1 Å². The fraction of sp³-hybridized carbons (Fsp3) is 0.571. The number of carbonyl (C=O) groups is 1. The van der Waals surface area contributed by atoms with E-state index in [4.69, 9.17) is 5.11 Å². The van der Waals surface area contributed by atoms with Gasteiger partial charge in [-0.2, -0.15) is 0 Å². The smallest absolute Gasteiger partial charge is 0.312 e. The molecule has 66 valence electrons. The molecule has 1 aromatic heterocycles. The Morgan fingerprint density at radius 2 is 2.50 bits per heavy atom. The van der Waals surface area contributed by atoms with Crippen LogP contribution in [0.1, 0.15) is 25.0 Å². The third-order valence-electron chi connectivity index (χ3n) is 1.81. The van der Waals surface area contributed by atoms with Gasteiger partial charge in [0.05, 0.1) is 17.8 Å². The highest BCUT2D eigenvalue weighted by molar-refractivity contribution is 5.75. The number of rotatable bonds is 3. The third-order valence-corrected chi connectivity index (χ3v) is 1.81. The molecule has 0 saturated heterocycles. The van der Waals surface area contributed by atoms with Crippen molar-refractivity contribution in [3.63, 3.8) is 0 Å². The van der Waals surface area contributed by atoms with Crippen LogP contribution in [0.2, 0.25) is 0 Å². The molecular weight excluding hydrogens is 158 g/mol. The molecule has 0 saturated carbocycles. The van der Waals surface area contributed by atoms with Crippen LogP contribution in [0.3, 0.4) is 0 Å². The molecule has 5 nitrogen and oxygen atoms in total. The molecule has 0 spiro atoms. The molecule has 12 heavy (non-hydrogen) atoms. The van der Waals surface area contributed by atoms with E-state index in [9.17, 15) is 4.79 Å². The average Bonchev–Trinajstić information content (AvgIpc) is 2.38. The standard InChI is InChI=1S/C7H11N3O2/c1-3-5(7(11)12)6-4-8-9-10(6)2/h4-5H,3H2,1-2H3,(H,11,12). The van der Waals surface area contributed by atoms with E-state index in [2.05, 4.69) is 10.3 Å². The third kappa shape index (κ3) is 1.44. The lowest BCUT2D eigenvalue weighted by molar-refractivity contribution is -0.139. The Hall–Kier alpha value is -1.39. The van der Waals surface area contributed by atoms with Crippen LogP contribution < -0.4 is 0 Å². The van der Waals surface area contributed by atoms with Crippen LogP contribution in [-0.2, 0) is 11.8 Å². The zero-order valence-corrected chi connectivity index (χ0v) is 7.06. The Morgan fingerprint density at radius 1 is 1.83 bits per heavy atom. The number of aliphatic carboxylic acids is 1. The van der Waals surface area contributed by atoms with Crippen molar-refractivity contribution in [2.75, 3.05) is 0 Å². The van der Waals surface area contributed by atoms with Crippen molar-refractivity contribution in [3.8, 4) is 0 Å². The molecule has 0 radical (unpaired) electrons. The Morgan fingerprint density at radius 3 is 2.83 bits per heavy atom. The lowest BCUT2D eigenvalue weighted by Gasteiger charge is -2.07. The summed E-state index contributed by atoms with van der Waals surface area (Å²) >= 11 is 0. The number of hydrogen-bond donors (Lipinski definition) is 1. The van der Waals surface area contributed by atoms with Crippen LogP contribution in [0.5, 0.6) is 0 Å². The maximum atomic E-state index is 10.7. The van der Waals surface area contributed by atoms with E-state index in [-0.39, 0.29) is 0 Å². The summed E-state index contributed by atoms with van der Waals surface area (Å²) in [6.45, 7) is 1.83. The number of hydrogen-bond acceptors (Lipinski definition) is 3. The van der Waals surface area contributed by atoms with Crippen LogP contribution in [0.25, 0.3) is 0 Å². The molecule has 0 fully saturated rings. The second-order valence-electron chi connectivity index (χ2n) is 2.58. The van der Waals surface area contributed by atoms with Crippen LogP contribution >= 0.6 is 0 Å². The minimum atomic E-state index is -0.831. The molecule has 1 atom stereocenters. The molecule has 0 aromatic carbocycles. The Bertz CT molecular complexity index is 282. The molecule has 0 aliphatic carbocycles. The van der Waals surface area contributed by atoms with Crippen molar-refractivity contribution in [2.24, 2.45) is 7.05 Å². The predicted octanol–water partition coefficient (Wildman–Crippen LogP) is 0.393. The number of carboxylic acid groups (broad SMARTS) is 1. The molecule has 1 aromatic rings. The van der Waals surface area contributed by atoms with E-state index < -0.39 is 11.9 Å². The first-order chi connectivity index (χ1) is 5.66. The van der Waals surface area contributed by atoms with Gasteiger partial charge in [-0.15, -0.1) is 5.10 Å². The molecule has 1 heterocycles. The summed E-state index contributed by atoms with van der Waals surface area (Å²) in [5.74, 6) is -1.33. The fourth-order valence-electron chi connectivity index (χ4n) is 1.12. The SMILES string of the molecule is CCC(C(=O)O)c1cnnn1C.